The molecule has 1 aliphatic rings. The number of amidine groups is 1. The summed E-state index contributed by atoms with van der Waals surface area (Å²) in [5, 5.41) is 18.5. The largest absolute Gasteiger partial charge is 0.384 e. The quantitative estimate of drug-likeness (QED) is 0.0426. The molecule has 6 atom stereocenters. The molecule has 1 aromatic carbocycles. The Labute approximate surface area is 313 Å². The molecule has 0 aliphatic carbocycles. The molecule has 1 aliphatic heterocycles. The maximum absolute atomic E-state index is 14.5. The number of thiazole rings is 1. The molecular weight excluding hydrogens is 679 g/mol. The first-order chi connectivity index (χ1) is 25.0. The SMILES string of the molecule is CCCO[C@H](C[C@H](C(C)C)N(CCC)C(=O)[C@@H](NC(=O)[C@H]1CCCCN1)[C@@H](C)CC)c1nc(C(=O)N[C@@H](CCc2ccccc2)C(N)=NN=N)cs1. The van der Waals surface area contributed by atoms with E-state index in [4.69, 9.17) is 21.0 Å². The molecule has 1 aromatic heterocycles. The topological polar surface area (TPSA) is 187 Å². The maximum atomic E-state index is 14.5. The van der Waals surface area contributed by atoms with E-state index in [-0.39, 0.29) is 47.3 Å². The second kappa shape index (κ2) is 22.3. The highest BCUT2D eigenvalue weighted by atomic mass is 32.1. The summed E-state index contributed by atoms with van der Waals surface area (Å²) in [6, 6.07) is 8.05. The second-order valence-corrected chi connectivity index (χ2v) is 14.9. The van der Waals surface area contributed by atoms with Gasteiger partial charge in [-0.25, -0.2) is 4.98 Å². The van der Waals surface area contributed by atoms with Crippen molar-refractivity contribution in [3.63, 3.8) is 0 Å². The first kappa shape index (κ1) is 42.7. The second-order valence-electron chi connectivity index (χ2n) is 14.1. The first-order valence-electron chi connectivity index (χ1n) is 19.0. The van der Waals surface area contributed by atoms with Gasteiger partial charge < -0.3 is 31.3 Å². The number of rotatable bonds is 22. The number of amides is 3. The average molecular weight is 740 g/mol. The van der Waals surface area contributed by atoms with Crippen molar-refractivity contribution < 1.29 is 19.1 Å². The zero-order valence-corrected chi connectivity index (χ0v) is 32.7. The van der Waals surface area contributed by atoms with Crippen LogP contribution in [-0.4, -0.2) is 77.3 Å². The van der Waals surface area contributed by atoms with Gasteiger partial charge in [0.15, 0.2) is 0 Å². The zero-order chi connectivity index (χ0) is 38.0. The summed E-state index contributed by atoms with van der Waals surface area (Å²) >= 11 is 1.34. The molecule has 1 fully saturated rings. The van der Waals surface area contributed by atoms with E-state index >= 15 is 0 Å². The Morgan fingerprint density at radius 3 is 2.48 bits per heavy atom. The summed E-state index contributed by atoms with van der Waals surface area (Å²) in [6.45, 7) is 14.2. The summed E-state index contributed by atoms with van der Waals surface area (Å²) in [4.78, 5) is 48.1. The van der Waals surface area contributed by atoms with Crippen molar-refractivity contribution in [2.75, 3.05) is 19.7 Å². The maximum Gasteiger partial charge on any atom is 0.271 e. The van der Waals surface area contributed by atoms with Crippen LogP contribution >= 0.6 is 11.3 Å². The Hall–Kier alpha value is -3.75. The molecule has 0 saturated carbocycles. The summed E-state index contributed by atoms with van der Waals surface area (Å²) in [5.41, 5.74) is 14.6. The molecular formula is C38H61N9O4S. The van der Waals surface area contributed by atoms with Gasteiger partial charge in [0.1, 0.15) is 28.7 Å². The molecule has 0 radical (unpaired) electrons. The molecule has 2 aromatic rings. The van der Waals surface area contributed by atoms with Crippen LogP contribution in [-0.2, 0) is 20.7 Å². The average Bonchev–Trinajstić information content (AvgIpc) is 3.65. The van der Waals surface area contributed by atoms with E-state index in [9.17, 15) is 14.4 Å². The summed E-state index contributed by atoms with van der Waals surface area (Å²) in [7, 11) is 0. The zero-order valence-electron chi connectivity index (χ0n) is 31.9. The van der Waals surface area contributed by atoms with Crippen LogP contribution < -0.4 is 21.7 Å². The highest BCUT2D eigenvalue weighted by Gasteiger charge is 2.37. The van der Waals surface area contributed by atoms with E-state index in [0.29, 0.717) is 37.4 Å². The summed E-state index contributed by atoms with van der Waals surface area (Å²) in [5.74, 6) is -0.535. The Morgan fingerprint density at radius 2 is 1.87 bits per heavy atom. The lowest BCUT2D eigenvalue weighted by molar-refractivity contribution is -0.142. The van der Waals surface area contributed by atoms with E-state index in [1.165, 1.54) is 11.3 Å². The van der Waals surface area contributed by atoms with Crippen molar-refractivity contribution in [2.24, 2.45) is 27.9 Å². The van der Waals surface area contributed by atoms with Gasteiger partial charge in [0.25, 0.3) is 5.91 Å². The molecule has 0 unspecified atom stereocenters. The molecule has 3 rings (SSSR count). The van der Waals surface area contributed by atoms with Crippen LogP contribution in [0.5, 0.6) is 0 Å². The number of ether oxygens (including phenoxy) is 1. The number of carbonyl (C=O) groups is 3. The predicted octanol–water partition coefficient (Wildman–Crippen LogP) is 5.97. The van der Waals surface area contributed by atoms with Gasteiger partial charge in [-0.1, -0.05) is 89.9 Å². The van der Waals surface area contributed by atoms with Crippen molar-refractivity contribution >= 4 is 34.9 Å². The fourth-order valence-electron chi connectivity index (χ4n) is 6.50. The van der Waals surface area contributed by atoms with Crippen molar-refractivity contribution in [3.8, 4) is 0 Å². The standard InChI is InChI=1S/C38H61N9O4S/c1-7-21-47(38(50)33(26(6)9-3)44-35(48)29-17-13-14-20-41-29)31(25(4)5)23-32(51-22-8-2)37-43-30(24-52-37)36(49)42-28(34(39)45-46-40)19-18-27-15-11-10-12-16-27/h10-12,15-16,24-26,28-29,31-33,41H,7-9,13-14,17-23H2,1-6H3,(H,42,49)(H,44,48)(H3,39,40,45)/t26-,28-,29+,31+,32+,33-/m0/s1. The molecule has 6 N–H and O–H groups in total. The van der Waals surface area contributed by atoms with Gasteiger partial charge in [-0.05, 0) is 62.5 Å². The molecule has 52 heavy (non-hydrogen) atoms. The third kappa shape index (κ3) is 12.7. The highest BCUT2D eigenvalue weighted by molar-refractivity contribution is 7.09. The molecule has 2 heterocycles. The lowest BCUT2D eigenvalue weighted by Gasteiger charge is -2.39. The molecule has 13 nitrogen and oxygen atoms in total. The lowest BCUT2D eigenvalue weighted by atomic mass is 9.92. The lowest BCUT2D eigenvalue weighted by Crippen LogP contribution is -2.58. The number of nitrogens with zero attached hydrogens (tertiary/aromatic N) is 4. The third-order valence-corrected chi connectivity index (χ3v) is 10.7. The van der Waals surface area contributed by atoms with Crippen molar-refractivity contribution in [1.82, 2.24) is 25.8 Å². The van der Waals surface area contributed by atoms with Crippen molar-refractivity contribution in [2.45, 2.75) is 130 Å². The van der Waals surface area contributed by atoms with Gasteiger partial charge in [0, 0.05) is 31.0 Å². The van der Waals surface area contributed by atoms with Gasteiger partial charge >= 0.3 is 0 Å². The fraction of sp³-hybridized carbons (Fsp3) is 0.658. The number of hydrogen-bond acceptors (Lipinski definition) is 9. The monoisotopic (exact) mass is 739 g/mol. The van der Waals surface area contributed by atoms with Gasteiger partial charge in [0.2, 0.25) is 11.8 Å². The van der Waals surface area contributed by atoms with E-state index in [0.717, 1.165) is 50.6 Å². The van der Waals surface area contributed by atoms with Gasteiger partial charge in [-0.2, -0.15) is 5.53 Å². The molecule has 14 heteroatoms. The van der Waals surface area contributed by atoms with Gasteiger partial charge in [0.05, 0.1) is 12.1 Å². The minimum absolute atomic E-state index is 0.0428. The molecule has 3 amide bonds. The normalized spacial score (nSPS) is 17.8. The van der Waals surface area contributed by atoms with Crippen LogP contribution in [0, 0.1) is 17.4 Å². The fourth-order valence-corrected chi connectivity index (χ4v) is 7.36. The Morgan fingerprint density at radius 1 is 1.12 bits per heavy atom. The number of benzene rings is 1. The highest BCUT2D eigenvalue weighted by Crippen LogP contribution is 2.32. The van der Waals surface area contributed by atoms with Crippen LogP contribution in [0.25, 0.3) is 0 Å². The Bertz CT molecular complexity index is 1430. The number of nitrogens with one attached hydrogen (secondary N) is 4. The van der Waals surface area contributed by atoms with Crippen molar-refractivity contribution in [1.29, 1.82) is 5.53 Å². The van der Waals surface area contributed by atoms with Crippen LogP contribution in [0.3, 0.4) is 0 Å². The number of hydrogen-bond donors (Lipinski definition) is 5. The Kier molecular flexibility index (Phi) is 18.3. The summed E-state index contributed by atoms with van der Waals surface area (Å²) < 4.78 is 6.40. The number of piperidine rings is 1. The van der Waals surface area contributed by atoms with E-state index in [1.54, 1.807) is 5.38 Å². The van der Waals surface area contributed by atoms with Gasteiger partial charge in [-0.3, -0.25) is 14.4 Å². The van der Waals surface area contributed by atoms with E-state index in [1.807, 2.05) is 56.0 Å². The van der Waals surface area contributed by atoms with Crippen molar-refractivity contribution in [3.05, 3.63) is 52.0 Å². The minimum atomic E-state index is -0.647. The summed E-state index contributed by atoms with van der Waals surface area (Å²) in [6.07, 6.45) is 6.22. The molecule has 0 bridgehead atoms. The Balaban J connectivity index is 1.84. The predicted molar refractivity (Wildman–Crippen MR) is 206 cm³/mol. The van der Waals surface area contributed by atoms with E-state index < -0.39 is 24.1 Å². The number of carbonyl (C=O) groups excluding carboxylic acids is 3. The van der Waals surface area contributed by atoms with Crippen LogP contribution in [0.2, 0.25) is 0 Å². The van der Waals surface area contributed by atoms with Crippen LogP contribution in [0.4, 0.5) is 0 Å². The number of nitrogens with two attached hydrogens (primary N) is 1. The molecule has 1 saturated heterocycles. The molecule has 0 spiro atoms. The van der Waals surface area contributed by atoms with E-state index in [2.05, 4.69) is 47.0 Å². The number of aryl methyl sites for hydroxylation is 1. The number of aromatic nitrogens is 1. The molecule has 288 valence electrons. The smallest absolute Gasteiger partial charge is 0.271 e. The van der Waals surface area contributed by atoms with Gasteiger partial charge in [-0.15, -0.1) is 16.4 Å². The third-order valence-electron chi connectivity index (χ3n) is 9.72. The van der Waals surface area contributed by atoms with Crippen LogP contribution in [0.15, 0.2) is 46.0 Å². The first-order valence-corrected chi connectivity index (χ1v) is 19.9. The van der Waals surface area contributed by atoms with Crippen LogP contribution in [0.1, 0.15) is 120 Å². The minimum Gasteiger partial charge on any atom is -0.384 e.